The van der Waals surface area contributed by atoms with Gasteiger partial charge in [0.1, 0.15) is 0 Å². The van der Waals surface area contributed by atoms with Gasteiger partial charge in [0.05, 0.1) is 0 Å². The first-order valence-corrected chi connectivity index (χ1v) is 8.74. The van der Waals surface area contributed by atoms with Gasteiger partial charge >= 0.3 is 0 Å². The van der Waals surface area contributed by atoms with E-state index in [1.807, 2.05) is 0 Å². The summed E-state index contributed by atoms with van der Waals surface area (Å²) in [7, 11) is 0. The Morgan fingerprint density at radius 2 is 2.00 bits per heavy atom. The summed E-state index contributed by atoms with van der Waals surface area (Å²) < 4.78 is 26.4. The van der Waals surface area contributed by atoms with Crippen LogP contribution >= 0.6 is 11.8 Å². The summed E-state index contributed by atoms with van der Waals surface area (Å²) in [6.07, 6.45) is 3.56. The molecule has 0 aromatic heterocycles. The molecular weight excluding hydrogens is 288 g/mol. The molecule has 3 atom stereocenters. The Morgan fingerprint density at radius 1 is 1.24 bits per heavy atom. The van der Waals surface area contributed by atoms with E-state index in [0.29, 0.717) is 17.2 Å². The molecule has 0 radical (unpaired) electrons. The van der Waals surface area contributed by atoms with Crippen molar-refractivity contribution in [3.8, 4) is 0 Å². The van der Waals surface area contributed by atoms with E-state index in [-0.39, 0.29) is 0 Å². The molecule has 1 N–H and O–H groups in total. The summed E-state index contributed by atoms with van der Waals surface area (Å²) in [5.41, 5.74) is 0. The van der Waals surface area contributed by atoms with Crippen LogP contribution in [0.4, 0.5) is 8.78 Å². The highest BCUT2D eigenvalue weighted by molar-refractivity contribution is 8.00. The summed E-state index contributed by atoms with van der Waals surface area (Å²) in [6, 6.07) is 4.69. The highest BCUT2D eigenvalue weighted by atomic mass is 32.2. The van der Waals surface area contributed by atoms with Gasteiger partial charge in [-0.25, -0.2) is 8.78 Å². The molecule has 1 fully saturated rings. The quantitative estimate of drug-likeness (QED) is 0.833. The third-order valence-electron chi connectivity index (χ3n) is 4.42. The third kappa shape index (κ3) is 4.43. The molecule has 2 rings (SSSR count). The minimum Gasteiger partial charge on any atom is -0.313 e. The lowest BCUT2D eigenvalue weighted by Crippen LogP contribution is -2.43. The van der Waals surface area contributed by atoms with Gasteiger partial charge in [-0.2, -0.15) is 0 Å². The second-order valence-corrected chi connectivity index (χ2v) is 7.53. The van der Waals surface area contributed by atoms with Crippen molar-refractivity contribution < 1.29 is 8.78 Å². The summed E-state index contributed by atoms with van der Waals surface area (Å²) in [5, 5.41) is 3.98. The van der Waals surface area contributed by atoms with Crippen LogP contribution in [0.2, 0.25) is 0 Å². The summed E-state index contributed by atoms with van der Waals surface area (Å²) >= 11 is 1.69. The van der Waals surface area contributed by atoms with E-state index >= 15 is 0 Å². The van der Waals surface area contributed by atoms with Gasteiger partial charge in [-0.1, -0.05) is 20.8 Å². The maximum Gasteiger partial charge on any atom is 0.159 e. The molecule has 4 heteroatoms. The van der Waals surface area contributed by atoms with E-state index < -0.39 is 11.6 Å². The number of benzene rings is 1. The van der Waals surface area contributed by atoms with Crippen LogP contribution in [-0.2, 0) is 0 Å². The fourth-order valence-corrected chi connectivity index (χ4v) is 4.52. The number of hydrogen-bond donors (Lipinski definition) is 1. The molecule has 21 heavy (non-hydrogen) atoms. The number of hydrogen-bond acceptors (Lipinski definition) is 2. The van der Waals surface area contributed by atoms with E-state index in [2.05, 4.69) is 26.1 Å². The van der Waals surface area contributed by atoms with Crippen molar-refractivity contribution in [2.24, 2.45) is 11.8 Å². The molecule has 1 aromatic carbocycles. The SMILES string of the molecule is CCNC1CCC(C(C)C)CC1Sc1ccc(F)c(F)c1. The molecule has 1 nitrogen and oxygen atoms in total. The molecule has 1 saturated carbocycles. The minimum absolute atomic E-state index is 0.427. The zero-order valence-electron chi connectivity index (χ0n) is 13.0. The van der Waals surface area contributed by atoms with Gasteiger partial charge in [-0.15, -0.1) is 11.8 Å². The first kappa shape index (κ1) is 16.8. The van der Waals surface area contributed by atoms with E-state index in [1.54, 1.807) is 17.8 Å². The largest absolute Gasteiger partial charge is 0.313 e. The number of thioether (sulfide) groups is 1. The summed E-state index contributed by atoms with van der Waals surface area (Å²) in [4.78, 5) is 0.825. The first-order valence-electron chi connectivity index (χ1n) is 7.86. The van der Waals surface area contributed by atoms with Gasteiger partial charge in [-0.3, -0.25) is 0 Å². The fourth-order valence-electron chi connectivity index (χ4n) is 3.12. The minimum atomic E-state index is -0.772. The lowest BCUT2D eigenvalue weighted by molar-refractivity contribution is 0.247. The van der Waals surface area contributed by atoms with Gasteiger partial charge < -0.3 is 5.32 Å². The summed E-state index contributed by atoms with van der Waals surface area (Å²) in [5.74, 6) is -0.120. The van der Waals surface area contributed by atoms with Crippen molar-refractivity contribution in [1.82, 2.24) is 5.32 Å². The molecule has 1 aliphatic carbocycles. The lowest BCUT2D eigenvalue weighted by atomic mass is 9.79. The highest BCUT2D eigenvalue weighted by Crippen LogP contribution is 2.39. The van der Waals surface area contributed by atoms with Crippen molar-refractivity contribution in [1.29, 1.82) is 0 Å². The van der Waals surface area contributed by atoms with E-state index in [4.69, 9.17) is 0 Å². The molecular formula is C17H25F2NS. The second-order valence-electron chi connectivity index (χ2n) is 6.21. The van der Waals surface area contributed by atoms with Crippen molar-refractivity contribution in [2.75, 3.05) is 6.54 Å². The average molecular weight is 313 g/mol. The van der Waals surface area contributed by atoms with Crippen LogP contribution in [0, 0.1) is 23.5 Å². The van der Waals surface area contributed by atoms with Crippen LogP contribution in [0.15, 0.2) is 23.1 Å². The normalized spacial score (nSPS) is 26.3. The topological polar surface area (TPSA) is 12.0 Å². The van der Waals surface area contributed by atoms with Crippen LogP contribution in [0.3, 0.4) is 0 Å². The van der Waals surface area contributed by atoms with E-state index in [1.165, 1.54) is 18.6 Å². The fraction of sp³-hybridized carbons (Fsp3) is 0.647. The Kier molecular flexibility index (Phi) is 6.06. The monoisotopic (exact) mass is 313 g/mol. The van der Waals surface area contributed by atoms with Gasteiger partial charge in [0.15, 0.2) is 11.6 Å². The maximum atomic E-state index is 13.4. The maximum absolute atomic E-state index is 13.4. The first-order chi connectivity index (χ1) is 10.0. The highest BCUT2D eigenvalue weighted by Gasteiger charge is 2.32. The Morgan fingerprint density at radius 3 is 2.62 bits per heavy atom. The van der Waals surface area contributed by atoms with Crippen LogP contribution in [0.25, 0.3) is 0 Å². The number of rotatable bonds is 5. The summed E-state index contributed by atoms with van der Waals surface area (Å²) in [6.45, 7) is 7.62. The number of halogens is 2. The zero-order valence-corrected chi connectivity index (χ0v) is 13.9. The molecule has 0 amide bonds. The van der Waals surface area contributed by atoms with Crippen molar-refractivity contribution in [3.63, 3.8) is 0 Å². The molecule has 0 heterocycles. The van der Waals surface area contributed by atoms with Crippen LogP contribution in [0.5, 0.6) is 0 Å². The molecule has 0 saturated heterocycles. The van der Waals surface area contributed by atoms with Crippen molar-refractivity contribution in [3.05, 3.63) is 29.8 Å². The lowest BCUT2D eigenvalue weighted by Gasteiger charge is -2.38. The van der Waals surface area contributed by atoms with Crippen molar-refractivity contribution >= 4 is 11.8 Å². The molecule has 118 valence electrons. The van der Waals surface area contributed by atoms with Crippen molar-refractivity contribution in [2.45, 2.75) is 56.2 Å². The predicted molar refractivity (Wildman–Crippen MR) is 85.6 cm³/mol. The van der Waals surface area contributed by atoms with E-state index in [0.717, 1.165) is 30.2 Å². The van der Waals surface area contributed by atoms with Crippen LogP contribution in [-0.4, -0.2) is 17.8 Å². The third-order valence-corrected chi connectivity index (χ3v) is 5.77. The molecule has 1 aliphatic rings. The number of nitrogens with one attached hydrogen (secondary N) is 1. The Balaban J connectivity index is 2.09. The average Bonchev–Trinajstić information content (AvgIpc) is 2.45. The zero-order chi connectivity index (χ0) is 15.4. The van der Waals surface area contributed by atoms with Gasteiger partial charge in [0.25, 0.3) is 0 Å². The van der Waals surface area contributed by atoms with Crippen LogP contribution in [0.1, 0.15) is 40.0 Å². The molecule has 0 spiro atoms. The Bertz CT molecular complexity index is 464. The Hall–Kier alpha value is -0.610. The standard InChI is InChI=1S/C17H25F2NS/c1-4-20-16-8-5-12(11(2)3)9-17(16)21-13-6-7-14(18)15(19)10-13/h6-7,10-12,16-17,20H,4-5,8-9H2,1-3H3. The van der Waals surface area contributed by atoms with Crippen LogP contribution < -0.4 is 5.32 Å². The molecule has 3 unspecified atom stereocenters. The molecule has 0 bridgehead atoms. The molecule has 0 aliphatic heterocycles. The smallest absolute Gasteiger partial charge is 0.159 e. The Labute approximate surface area is 130 Å². The van der Waals surface area contributed by atoms with Gasteiger partial charge in [0, 0.05) is 16.2 Å². The second kappa shape index (κ2) is 7.59. The predicted octanol–water partition coefficient (Wildman–Crippen LogP) is 4.86. The van der Waals surface area contributed by atoms with Gasteiger partial charge in [0.2, 0.25) is 0 Å². The van der Waals surface area contributed by atoms with Gasteiger partial charge in [-0.05, 0) is 55.8 Å². The van der Waals surface area contributed by atoms with E-state index in [9.17, 15) is 8.78 Å². The molecule has 1 aromatic rings.